The van der Waals surface area contributed by atoms with E-state index in [1.165, 1.54) is 16.7 Å². The van der Waals surface area contributed by atoms with Gasteiger partial charge in [0.05, 0.1) is 24.0 Å². The van der Waals surface area contributed by atoms with Crippen molar-refractivity contribution in [1.29, 1.82) is 10.5 Å². The van der Waals surface area contributed by atoms with Crippen molar-refractivity contribution in [3.8, 4) is 12.1 Å². The van der Waals surface area contributed by atoms with E-state index in [-0.39, 0.29) is 17.8 Å². The smallest absolute Gasteiger partial charge is 0.0846 e. The molecule has 2 aromatic rings. The molecule has 1 heterocycles. The van der Waals surface area contributed by atoms with E-state index in [0.717, 1.165) is 44.6 Å². The first-order chi connectivity index (χ1) is 16.3. The molecule has 1 saturated heterocycles. The van der Waals surface area contributed by atoms with Crippen LogP contribution in [0.3, 0.4) is 0 Å². The minimum Gasteiger partial charge on any atom is -0.306 e. The minimum absolute atomic E-state index is 0. The fourth-order valence-corrected chi connectivity index (χ4v) is 4.30. The third-order valence-electron chi connectivity index (χ3n) is 5.92. The predicted molar refractivity (Wildman–Crippen MR) is 152 cm³/mol. The third kappa shape index (κ3) is 12.6. The molecule has 0 radical (unpaired) electrons. The van der Waals surface area contributed by atoms with Crippen molar-refractivity contribution in [1.82, 2.24) is 9.80 Å². The van der Waals surface area contributed by atoms with Gasteiger partial charge in [-0.15, -0.1) is 35.6 Å². The van der Waals surface area contributed by atoms with Gasteiger partial charge in [0.15, 0.2) is 0 Å². The highest BCUT2D eigenvalue weighted by Crippen LogP contribution is 2.34. The maximum atomic E-state index is 9.50. The zero-order valence-corrected chi connectivity index (χ0v) is 23.8. The molecule has 1 aliphatic rings. The Labute approximate surface area is 228 Å². The number of piperidine rings is 1. The van der Waals surface area contributed by atoms with Gasteiger partial charge in [0.25, 0.3) is 0 Å². The minimum atomic E-state index is -0.251. The number of benzene rings is 2. The molecule has 0 spiro atoms. The summed E-state index contributed by atoms with van der Waals surface area (Å²) in [5.41, 5.74) is 4.50. The molecule has 1 fully saturated rings. The van der Waals surface area contributed by atoms with Crippen molar-refractivity contribution >= 4 is 35.6 Å². The molecule has 192 valence electrons. The molecule has 1 aliphatic heterocycles. The SMILES string of the molecule is CN(CCCl)CCCl.Cc1cccc(C2(C#N)CCN(C)CC2)c1.Cc1cccc(CC#N)c1.Cl. The van der Waals surface area contributed by atoms with E-state index < -0.39 is 0 Å². The highest BCUT2D eigenvalue weighted by Gasteiger charge is 2.35. The molecule has 0 aromatic heterocycles. The molecule has 35 heavy (non-hydrogen) atoms. The van der Waals surface area contributed by atoms with Gasteiger partial charge in [-0.1, -0.05) is 59.7 Å². The van der Waals surface area contributed by atoms with Crippen LogP contribution in [0.4, 0.5) is 0 Å². The Hall–Kier alpha value is -1.79. The number of rotatable bonds is 6. The predicted octanol–water partition coefficient (Wildman–Crippen LogP) is 6.36. The Morgan fingerprint density at radius 1 is 0.943 bits per heavy atom. The quantitative estimate of drug-likeness (QED) is 0.402. The van der Waals surface area contributed by atoms with Gasteiger partial charge in [-0.2, -0.15) is 10.5 Å². The molecular formula is C28H39Cl3N4. The van der Waals surface area contributed by atoms with Crippen LogP contribution >= 0.6 is 35.6 Å². The first-order valence-electron chi connectivity index (χ1n) is 11.7. The summed E-state index contributed by atoms with van der Waals surface area (Å²) in [5.74, 6) is 1.38. The number of hydrogen-bond acceptors (Lipinski definition) is 4. The van der Waals surface area contributed by atoms with Crippen LogP contribution in [-0.2, 0) is 11.8 Å². The third-order valence-corrected chi connectivity index (χ3v) is 6.26. The molecule has 7 heteroatoms. The van der Waals surface area contributed by atoms with Gasteiger partial charge in [0, 0.05) is 24.8 Å². The number of nitriles is 2. The normalized spacial score (nSPS) is 14.2. The number of nitrogens with zero attached hydrogens (tertiary/aromatic N) is 4. The molecule has 0 N–H and O–H groups in total. The van der Waals surface area contributed by atoms with Crippen LogP contribution in [0.1, 0.15) is 35.1 Å². The number of aryl methyl sites for hydroxylation is 2. The van der Waals surface area contributed by atoms with Gasteiger partial charge in [-0.3, -0.25) is 0 Å². The highest BCUT2D eigenvalue weighted by atomic mass is 35.5. The average Bonchev–Trinajstić information content (AvgIpc) is 2.81. The summed E-state index contributed by atoms with van der Waals surface area (Å²) in [4.78, 5) is 4.39. The summed E-state index contributed by atoms with van der Waals surface area (Å²) in [5, 5.41) is 17.9. The molecule has 0 atom stereocenters. The van der Waals surface area contributed by atoms with Crippen molar-refractivity contribution < 1.29 is 0 Å². The Balaban J connectivity index is 0.000000528. The summed E-state index contributed by atoms with van der Waals surface area (Å²) < 4.78 is 0. The van der Waals surface area contributed by atoms with Crippen molar-refractivity contribution in [2.45, 2.75) is 38.5 Å². The fourth-order valence-electron chi connectivity index (χ4n) is 3.72. The second kappa shape index (κ2) is 18.5. The van der Waals surface area contributed by atoms with Gasteiger partial charge in [-0.05, 0) is 65.0 Å². The molecule has 0 saturated carbocycles. The Kier molecular flexibility index (Phi) is 17.5. The van der Waals surface area contributed by atoms with Crippen LogP contribution in [0.15, 0.2) is 48.5 Å². The lowest BCUT2D eigenvalue weighted by molar-refractivity contribution is 0.222. The molecular weight excluding hydrogens is 499 g/mol. The van der Waals surface area contributed by atoms with Crippen LogP contribution in [0, 0.1) is 36.5 Å². The molecule has 4 nitrogen and oxygen atoms in total. The van der Waals surface area contributed by atoms with Crippen molar-refractivity contribution in [2.24, 2.45) is 0 Å². The van der Waals surface area contributed by atoms with E-state index in [4.69, 9.17) is 28.5 Å². The van der Waals surface area contributed by atoms with Gasteiger partial charge in [0.1, 0.15) is 0 Å². The zero-order chi connectivity index (χ0) is 25.4. The molecule has 3 rings (SSSR count). The van der Waals surface area contributed by atoms with Crippen LogP contribution in [0.5, 0.6) is 0 Å². The monoisotopic (exact) mass is 536 g/mol. The lowest BCUT2D eigenvalue weighted by Crippen LogP contribution is -2.39. The summed E-state index contributed by atoms with van der Waals surface area (Å²) in [6, 6.07) is 21.1. The van der Waals surface area contributed by atoms with E-state index in [9.17, 15) is 5.26 Å². The van der Waals surface area contributed by atoms with Crippen LogP contribution in [0.2, 0.25) is 0 Å². The Morgan fingerprint density at radius 2 is 1.49 bits per heavy atom. The number of halogens is 3. The maximum Gasteiger partial charge on any atom is 0.0846 e. The highest BCUT2D eigenvalue weighted by molar-refractivity contribution is 6.18. The lowest BCUT2D eigenvalue weighted by atomic mass is 9.74. The van der Waals surface area contributed by atoms with Gasteiger partial charge in [0.2, 0.25) is 0 Å². The summed E-state index contributed by atoms with van der Waals surface area (Å²) in [6.45, 7) is 8.00. The van der Waals surface area contributed by atoms with Gasteiger partial charge in [-0.25, -0.2) is 0 Å². The second-order valence-corrected chi connectivity index (χ2v) is 9.63. The van der Waals surface area contributed by atoms with Crippen LogP contribution < -0.4 is 0 Å². The molecule has 0 aliphatic carbocycles. The molecule has 0 bridgehead atoms. The van der Waals surface area contributed by atoms with Gasteiger partial charge >= 0.3 is 0 Å². The fraction of sp³-hybridized carbons (Fsp3) is 0.500. The van der Waals surface area contributed by atoms with E-state index in [1.807, 2.05) is 38.2 Å². The first kappa shape index (κ1) is 33.2. The summed E-state index contributed by atoms with van der Waals surface area (Å²) in [7, 11) is 4.13. The van der Waals surface area contributed by atoms with E-state index >= 15 is 0 Å². The number of likely N-dealkylation sites (tertiary alicyclic amines) is 1. The van der Waals surface area contributed by atoms with Crippen molar-refractivity contribution in [3.63, 3.8) is 0 Å². The van der Waals surface area contributed by atoms with Crippen molar-refractivity contribution in [2.75, 3.05) is 52.0 Å². The first-order valence-corrected chi connectivity index (χ1v) is 12.8. The largest absolute Gasteiger partial charge is 0.306 e. The molecule has 0 unspecified atom stereocenters. The number of alkyl halides is 2. The van der Waals surface area contributed by atoms with Crippen molar-refractivity contribution in [3.05, 3.63) is 70.8 Å². The summed E-state index contributed by atoms with van der Waals surface area (Å²) >= 11 is 10.9. The van der Waals surface area contributed by atoms with E-state index in [0.29, 0.717) is 18.2 Å². The molecule has 0 amide bonds. The second-order valence-electron chi connectivity index (χ2n) is 8.87. The Morgan fingerprint density at radius 3 is 1.94 bits per heavy atom. The average molecular weight is 538 g/mol. The lowest BCUT2D eigenvalue weighted by Gasteiger charge is -2.36. The van der Waals surface area contributed by atoms with Crippen LogP contribution in [-0.4, -0.2) is 61.8 Å². The van der Waals surface area contributed by atoms with Crippen LogP contribution in [0.25, 0.3) is 0 Å². The topological polar surface area (TPSA) is 54.1 Å². The number of hydrogen-bond donors (Lipinski definition) is 0. The zero-order valence-electron chi connectivity index (χ0n) is 21.4. The van der Waals surface area contributed by atoms with Gasteiger partial charge < -0.3 is 9.80 Å². The summed E-state index contributed by atoms with van der Waals surface area (Å²) in [6.07, 6.45) is 2.41. The van der Waals surface area contributed by atoms with E-state index in [1.54, 1.807) is 0 Å². The Bertz CT molecular complexity index is 922. The standard InChI is InChI=1S/C14H18N2.C9H9N.C5H11Cl2N.ClH/c1-12-4-3-5-13(10-12)14(11-15)6-8-16(2)9-7-14;1-8-3-2-4-9(7-8)5-6-10;1-8(4-2-6)5-3-7;/h3-5,10H,6-9H2,1-2H3;2-4,7H,5H2,1H3;2-5H2,1H3;1H. The maximum absolute atomic E-state index is 9.50. The van der Waals surface area contributed by atoms with E-state index in [2.05, 4.69) is 60.2 Å². The molecule has 2 aromatic carbocycles.